The van der Waals surface area contributed by atoms with Gasteiger partial charge in [-0.15, -0.1) is 0 Å². The van der Waals surface area contributed by atoms with Crippen LogP contribution in [0.3, 0.4) is 0 Å². The molecule has 4 heteroatoms. The fourth-order valence-electron chi connectivity index (χ4n) is 2.49. The summed E-state index contributed by atoms with van der Waals surface area (Å²) in [6.45, 7) is 3.33. The number of hydrogen-bond acceptors (Lipinski definition) is 4. The van der Waals surface area contributed by atoms with Gasteiger partial charge in [0.15, 0.2) is 5.75 Å². The van der Waals surface area contributed by atoms with Gasteiger partial charge in [0.2, 0.25) is 5.95 Å². The van der Waals surface area contributed by atoms with Crippen LogP contribution in [0, 0.1) is 11.8 Å². The first-order valence-corrected chi connectivity index (χ1v) is 6.38. The molecule has 1 aliphatic rings. The van der Waals surface area contributed by atoms with E-state index in [0.717, 1.165) is 18.4 Å². The first-order chi connectivity index (χ1) is 8.28. The van der Waals surface area contributed by atoms with Crippen molar-refractivity contribution in [2.45, 2.75) is 32.6 Å². The van der Waals surface area contributed by atoms with Gasteiger partial charge in [0.05, 0.1) is 19.5 Å². The Morgan fingerprint density at radius 3 is 2.76 bits per heavy atom. The number of nitrogens with one attached hydrogen (secondary N) is 1. The highest BCUT2D eigenvalue weighted by Gasteiger charge is 2.18. The van der Waals surface area contributed by atoms with Gasteiger partial charge in [0.1, 0.15) is 0 Å². The summed E-state index contributed by atoms with van der Waals surface area (Å²) < 4.78 is 5.02. The number of rotatable bonds is 4. The normalized spacial score (nSPS) is 24.4. The van der Waals surface area contributed by atoms with E-state index in [0.29, 0.717) is 11.7 Å². The zero-order chi connectivity index (χ0) is 12.1. The molecule has 2 rings (SSSR count). The molecule has 1 fully saturated rings. The van der Waals surface area contributed by atoms with Crippen molar-refractivity contribution in [1.82, 2.24) is 9.97 Å². The van der Waals surface area contributed by atoms with Crippen LogP contribution in [0.4, 0.5) is 5.95 Å². The van der Waals surface area contributed by atoms with Gasteiger partial charge in [-0.1, -0.05) is 19.8 Å². The molecule has 0 radical (unpaired) electrons. The minimum atomic E-state index is 0.696. The molecular formula is C13H21N3O. The molecule has 1 heterocycles. The quantitative estimate of drug-likeness (QED) is 0.871. The standard InChI is InChI=1S/C13H21N3O/c1-10-4-3-5-11(6-10)7-14-13-15-8-12(17-2)9-16-13/h8-11H,3-7H2,1-2H3,(H,14,15,16). The van der Waals surface area contributed by atoms with E-state index in [1.165, 1.54) is 25.7 Å². The molecule has 1 aromatic heterocycles. The van der Waals surface area contributed by atoms with Crippen LogP contribution in [-0.4, -0.2) is 23.6 Å². The van der Waals surface area contributed by atoms with Crippen molar-refractivity contribution in [1.29, 1.82) is 0 Å². The Morgan fingerprint density at radius 1 is 1.35 bits per heavy atom. The van der Waals surface area contributed by atoms with E-state index in [9.17, 15) is 0 Å². The van der Waals surface area contributed by atoms with Gasteiger partial charge in [0, 0.05) is 6.54 Å². The Balaban J connectivity index is 1.80. The number of hydrogen-bond donors (Lipinski definition) is 1. The Kier molecular flexibility index (Phi) is 4.18. The molecule has 94 valence electrons. The van der Waals surface area contributed by atoms with E-state index >= 15 is 0 Å². The predicted octanol–water partition coefficient (Wildman–Crippen LogP) is 2.72. The fraction of sp³-hybridized carbons (Fsp3) is 0.692. The summed E-state index contributed by atoms with van der Waals surface area (Å²) in [4.78, 5) is 8.41. The molecule has 1 N–H and O–H groups in total. The Morgan fingerprint density at radius 2 is 2.12 bits per heavy atom. The fourth-order valence-corrected chi connectivity index (χ4v) is 2.49. The SMILES string of the molecule is COc1cnc(NCC2CCCC(C)C2)nc1. The highest BCUT2D eigenvalue weighted by atomic mass is 16.5. The summed E-state index contributed by atoms with van der Waals surface area (Å²) in [6.07, 6.45) is 8.78. The lowest BCUT2D eigenvalue weighted by molar-refractivity contribution is 0.293. The van der Waals surface area contributed by atoms with Crippen LogP contribution in [-0.2, 0) is 0 Å². The van der Waals surface area contributed by atoms with E-state index in [1.807, 2.05) is 0 Å². The summed E-state index contributed by atoms with van der Waals surface area (Å²) in [5, 5.41) is 3.31. The van der Waals surface area contributed by atoms with Crippen LogP contribution in [0.25, 0.3) is 0 Å². The highest BCUT2D eigenvalue weighted by molar-refractivity contribution is 5.26. The van der Waals surface area contributed by atoms with E-state index in [-0.39, 0.29) is 0 Å². The Labute approximate surface area is 103 Å². The maximum Gasteiger partial charge on any atom is 0.222 e. The Bertz CT molecular complexity index is 339. The number of ether oxygens (including phenoxy) is 1. The van der Waals surface area contributed by atoms with Gasteiger partial charge in [-0.3, -0.25) is 0 Å². The molecule has 0 amide bonds. The third kappa shape index (κ3) is 3.58. The van der Waals surface area contributed by atoms with Crippen molar-refractivity contribution in [3.05, 3.63) is 12.4 Å². The van der Waals surface area contributed by atoms with E-state index < -0.39 is 0 Å². The topological polar surface area (TPSA) is 47.0 Å². The minimum absolute atomic E-state index is 0.696. The molecule has 0 bridgehead atoms. The molecule has 1 aromatic rings. The number of nitrogens with zero attached hydrogens (tertiary/aromatic N) is 2. The summed E-state index contributed by atoms with van der Waals surface area (Å²) in [5.41, 5.74) is 0. The van der Waals surface area contributed by atoms with E-state index in [2.05, 4.69) is 22.2 Å². The zero-order valence-corrected chi connectivity index (χ0v) is 10.6. The van der Waals surface area contributed by atoms with Crippen LogP contribution in [0.15, 0.2) is 12.4 Å². The molecule has 1 aliphatic carbocycles. The average molecular weight is 235 g/mol. The lowest BCUT2D eigenvalue weighted by atomic mass is 9.82. The van der Waals surface area contributed by atoms with Crippen molar-refractivity contribution in [3.63, 3.8) is 0 Å². The third-order valence-electron chi connectivity index (χ3n) is 3.46. The summed E-state index contributed by atoms with van der Waals surface area (Å²) in [7, 11) is 1.62. The van der Waals surface area contributed by atoms with Crippen LogP contribution in [0.1, 0.15) is 32.6 Å². The molecule has 0 spiro atoms. The van der Waals surface area contributed by atoms with Gasteiger partial charge >= 0.3 is 0 Å². The first kappa shape index (κ1) is 12.1. The van der Waals surface area contributed by atoms with Gasteiger partial charge in [-0.05, 0) is 24.7 Å². The minimum Gasteiger partial charge on any atom is -0.494 e. The van der Waals surface area contributed by atoms with Gasteiger partial charge in [-0.2, -0.15) is 0 Å². The summed E-state index contributed by atoms with van der Waals surface area (Å²) in [6, 6.07) is 0. The molecule has 0 saturated heterocycles. The average Bonchev–Trinajstić information content (AvgIpc) is 2.37. The number of methoxy groups -OCH3 is 1. The lowest BCUT2D eigenvalue weighted by Crippen LogP contribution is -2.21. The molecular weight excluding hydrogens is 214 g/mol. The zero-order valence-electron chi connectivity index (χ0n) is 10.6. The largest absolute Gasteiger partial charge is 0.494 e. The molecule has 2 unspecified atom stereocenters. The van der Waals surface area contributed by atoms with Crippen LogP contribution in [0.5, 0.6) is 5.75 Å². The second kappa shape index (κ2) is 5.84. The van der Waals surface area contributed by atoms with Crippen LogP contribution >= 0.6 is 0 Å². The summed E-state index contributed by atoms with van der Waals surface area (Å²) >= 11 is 0. The highest BCUT2D eigenvalue weighted by Crippen LogP contribution is 2.28. The molecule has 0 aromatic carbocycles. The molecule has 1 saturated carbocycles. The molecule has 2 atom stereocenters. The molecule has 4 nitrogen and oxygen atoms in total. The smallest absolute Gasteiger partial charge is 0.222 e. The molecule has 0 aliphatic heterocycles. The van der Waals surface area contributed by atoms with Gasteiger partial charge < -0.3 is 10.1 Å². The summed E-state index contributed by atoms with van der Waals surface area (Å²) in [5.74, 6) is 3.03. The van der Waals surface area contributed by atoms with Crippen molar-refractivity contribution >= 4 is 5.95 Å². The van der Waals surface area contributed by atoms with Crippen molar-refractivity contribution in [2.75, 3.05) is 19.0 Å². The van der Waals surface area contributed by atoms with Crippen molar-refractivity contribution < 1.29 is 4.74 Å². The molecule has 17 heavy (non-hydrogen) atoms. The second-order valence-electron chi connectivity index (χ2n) is 4.97. The maximum absolute atomic E-state index is 5.02. The Hall–Kier alpha value is -1.32. The second-order valence-corrected chi connectivity index (χ2v) is 4.97. The van der Waals surface area contributed by atoms with Gasteiger partial charge in [0.25, 0.3) is 0 Å². The van der Waals surface area contributed by atoms with Crippen molar-refractivity contribution in [3.8, 4) is 5.75 Å². The van der Waals surface area contributed by atoms with Crippen molar-refractivity contribution in [2.24, 2.45) is 11.8 Å². The predicted molar refractivity (Wildman–Crippen MR) is 68.2 cm³/mol. The lowest BCUT2D eigenvalue weighted by Gasteiger charge is -2.26. The van der Waals surface area contributed by atoms with Gasteiger partial charge in [-0.25, -0.2) is 9.97 Å². The monoisotopic (exact) mass is 235 g/mol. The number of anilines is 1. The number of aromatic nitrogens is 2. The van der Waals surface area contributed by atoms with E-state index in [4.69, 9.17) is 4.74 Å². The van der Waals surface area contributed by atoms with E-state index in [1.54, 1.807) is 19.5 Å². The van der Waals surface area contributed by atoms with Crippen LogP contribution in [0.2, 0.25) is 0 Å². The van der Waals surface area contributed by atoms with Crippen LogP contribution < -0.4 is 10.1 Å². The maximum atomic E-state index is 5.02. The third-order valence-corrected chi connectivity index (χ3v) is 3.46. The first-order valence-electron chi connectivity index (χ1n) is 6.38.